The first-order chi connectivity index (χ1) is 13.7. The molecule has 7 nitrogen and oxygen atoms in total. The van der Waals surface area contributed by atoms with E-state index in [-0.39, 0.29) is 29.4 Å². The third-order valence-corrected chi connectivity index (χ3v) is 6.38. The second-order valence-corrected chi connectivity index (χ2v) is 9.74. The Kier molecular flexibility index (Phi) is 8.19. The molecule has 1 heterocycles. The maximum atomic E-state index is 13.4. The van der Waals surface area contributed by atoms with Gasteiger partial charge in [0.2, 0.25) is 5.75 Å². The van der Waals surface area contributed by atoms with Crippen LogP contribution in [0.2, 0.25) is 0 Å². The summed E-state index contributed by atoms with van der Waals surface area (Å²) in [5.41, 5.74) is 0.408. The molecule has 29 heavy (non-hydrogen) atoms. The van der Waals surface area contributed by atoms with Crippen molar-refractivity contribution >= 4 is 15.7 Å². The van der Waals surface area contributed by atoms with Crippen LogP contribution in [0.5, 0.6) is 17.2 Å². The monoisotopic (exact) mass is 427 g/mol. The molecule has 8 heteroatoms. The van der Waals surface area contributed by atoms with Gasteiger partial charge >= 0.3 is 0 Å². The van der Waals surface area contributed by atoms with Crippen LogP contribution in [0.1, 0.15) is 51.4 Å². The van der Waals surface area contributed by atoms with Crippen molar-refractivity contribution < 1.29 is 27.4 Å². The molecular formula is C21H33NO6S. The van der Waals surface area contributed by atoms with Crippen LogP contribution in [-0.4, -0.2) is 63.1 Å². The molecule has 1 aliphatic rings. The van der Waals surface area contributed by atoms with Gasteiger partial charge in [-0.25, -0.2) is 8.42 Å². The summed E-state index contributed by atoms with van der Waals surface area (Å²) < 4.78 is 41.1. The fraction of sp³-hybridized carbons (Fsp3) is 0.667. The van der Waals surface area contributed by atoms with Crippen molar-refractivity contribution in [3.63, 3.8) is 0 Å². The number of hydrogen-bond acceptors (Lipinski definition) is 6. The smallest absolute Gasteiger partial charge is 0.254 e. The van der Waals surface area contributed by atoms with Gasteiger partial charge in [0, 0.05) is 18.2 Å². The van der Waals surface area contributed by atoms with Gasteiger partial charge in [-0.1, -0.05) is 13.8 Å². The number of sulfone groups is 1. The number of benzene rings is 1. The van der Waals surface area contributed by atoms with Gasteiger partial charge in [-0.05, 0) is 45.2 Å². The number of carbonyl (C=O) groups is 1. The zero-order valence-electron chi connectivity index (χ0n) is 18.1. The number of ether oxygens (including phenoxy) is 3. The fourth-order valence-electron chi connectivity index (χ4n) is 3.49. The quantitative estimate of drug-likeness (QED) is 0.570. The van der Waals surface area contributed by atoms with E-state index in [0.717, 1.165) is 0 Å². The highest BCUT2D eigenvalue weighted by Crippen LogP contribution is 2.39. The summed E-state index contributed by atoms with van der Waals surface area (Å²) in [6, 6.07) is 3.01. The second kappa shape index (κ2) is 10.2. The average Bonchev–Trinajstić information content (AvgIpc) is 3.01. The summed E-state index contributed by atoms with van der Waals surface area (Å²) >= 11 is 0. The molecule has 1 fully saturated rings. The Balaban J connectivity index is 2.46. The van der Waals surface area contributed by atoms with E-state index in [1.165, 1.54) is 0 Å². The standard InChI is InChI=1S/C21H33NO6S/c1-6-26-18-11-16(12-19(27-7-2)20(18)28-8-3)21(23)22(13-15(4)5)17-9-10-29(24,25)14-17/h11-12,15,17H,6-10,13-14H2,1-5H3/t17-/m0/s1. The summed E-state index contributed by atoms with van der Waals surface area (Å²) in [5, 5.41) is 0. The second-order valence-electron chi connectivity index (χ2n) is 7.51. The number of amides is 1. The molecule has 0 saturated carbocycles. The molecule has 1 aliphatic heterocycles. The molecule has 1 aromatic rings. The largest absolute Gasteiger partial charge is 0.490 e. The Morgan fingerprint density at radius 3 is 2.03 bits per heavy atom. The van der Waals surface area contributed by atoms with E-state index in [0.29, 0.717) is 55.6 Å². The third kappa shape index (κ3) is 6.01. The first kappa shape index (κ1) is 23.3. The molecule has 1 amide bonds. The first-order valence-corrected chi connectivity index (χ1v) is 12.1. The van der Waals surface area contributed by atoms with Crippen molar-refractivity contribution in [3.05, 3.63) is 17.7 Å². The molecule has 0 bridgehead atoms. The first-order valence-electron chi connectivity index (χ1n) is 10.3. The van der Waals surface area contributed by atoms with E-state index >= 15 is 0 Å². The van der Waals surface area contributed by atoms with Gasteiger partial charge in [-0.3, -0.25) is 4.79 Å². The Hall–Kier alpha value is -1.96. The molecule has 0 radical (unpaired) electrons. The highest BCUT2D eigenvalue weighted by Gasteiger charge is 2.35. The Labute approximate surface area is 174 Å². The van der Waals surface area contributed by atoms with E-state index in [4.69, 9.17) is 14.2 Å². The zero-order valence-corrected chi connectivity index (χ0v) is 18.9. The van der Waals surface area contributed by atoms with Crippen LogP contribution in [-0.2, 0) is 9.84 Å². The van der Waals surface area contributed by atoms with Crippen molar-refractivity contribution in [3.8, 4) is 17.2 Å². The number of carbonyl (C=O) groups excluding carboxylic acids is 1. The van der Waals surface area contributed by atoms with Crippen molar-refractivity contribution in [1.82, 2.24) is 4.90 Å². The molecule has 0 N–H and O–H groups in total. The van der Waals surface area contributed by atoms with E-state index < -0.39 is 9.84 Å². The van der Waals surface area contributed by atoms with Gasteiger partial charge in [0.15, 0.2) is 21.3 Å². The molecule has 1 saturated heterocycles. The molecule has 0 spiro atoms. The lowest BCUT2D eigenvalue weighted by molar-refractivity contribution is 0.0671. The maximum Gasteiger partial charge on any atom is 0.254 e. The molecule has 2 rings (SSSR count). The van der Waals surface area contributed by atoms with Crippen LogP contribution in [0.25, 0.3) is 0 Å². The summed E-state index contributed by atoms with van der Waals surface area (Å²) in [7, 11) is -3.10. The highest BCUT2D eigenvalue weighted by atomic mass is 32.2. The number of hydrogen-bond donors (Lipinski definition) is 0. The Morgan fingerprint density at radius 2 is 1.62 bits per heavy atom. The van der Waals surface area contributed by atoms with Gasteiger partial charge in [-0.2, -0.15) is 0 Å². The van der Waals surface area contributed by atoms with Gasteiger partial charge < -0.3 is 19.1 Å². The van der Waals surface area contributed by atoms with Gasteiger partial charge in [0.1, 0.15) is 0 Å². The fourth-order valence-corrected chi connectivity index (χ4v) is 5.22. The summed E-state index contributed by atoms with van der Waals surface area (Å²) in [6.45, 7) is 11.4. The minimum absolute atomic E-state index is 0.0130. The van der Waals surface area contributed by atoms with Crippen molar-refractivity contribution in [2.24, 2.45) is 5.92 Å². The van der Waals surface area contributed by atoms with Crippen LogP contribution in [0, 0.1) is 5.92 Å². The average molecular weight is 428 g/mol. The normalized spacial score (nSPS) is 17.9. The summed E-state index contributed by atoms with van der Waals surface area (Å²) in [5.74, 6) is 1.51. The lowest BCUT2D eigenvalue weighted by atomic mass is 10.1. The predicted molar refractivity (Wildman–Crippen MR) is 113 cm³/mol. The van der Waals surface area contributed by atoms with Crippen molar-refractivity contribution in [2.45, 2.75) is 47.1 Å². The molecular weight excluding hydrogens is 394 g/mol. The van der Waals surface area contributed by atoms with Crippen molar-refractivity contribution in [1.29, 1.82) is 0 Å². The number of nitrogens with zero attached hydrogens (tertiary/aromatic N) is 1. The van der Waals surface area contributed by atoms with Crippen LogP contribution >= 0.6 is 0 Å². The molecule has 1 aromatic carbocycles. The van der Waals surface area contributed by atoms with E-state index in [9.17, 15) is 13.2 Å². The molecule has 1 atom stereocenters. The highest BCUT2D eigenvalue weighted by molar-refractivity contribution is 7.91. The topological polar surface area (TPSA) is 82.1 Å². The predicted octanol–water partition coefficient (Wildman–Crippen LogP) is 3.17. The van der Waals surface area contributed by atoms with Gasteiger partial charge in [-0.15, -0.1) is 0 Å². The van der Waals surface area contributed by atoms with E-state index in [1.54, 1.807) is 17.0 Å². The lowest BCUT2D eigenvalue weighted by Gasteiger charge is -2.30. The molecule has 0 aliphatic carbocycles. The molecule has 0 aromatic heterocycles. The molecule has 0 unspecified atom stereocenters. The van der Waals surface area contributed by atoms with Crippen LogP contribution in [0.15, 0.2) is 12.1 Å². The lowest BCUT2D eigenvalue weighted by Crippen LogP contribution is -2.43. The van der Waals surface area contributed by atoms with Crippen molar-refractivity contribution in [2.75, 3.05) is 37.9 Å². The third-order valence-electron chi connectivity index (χ3n) is 4.63. The SMILES string of the molecule is CCOc1cc(C(=O)N(CC(C)C)[C@H]2CCS(=O)(=O)C2)cc(OCC)c1OCC. The van der Waals surface area contributed by atoms with Crippen LogP contribution in [0.4, 0.5) is 0 Å². The minimum Gasteiger partial charge on any atom is -0.490 e. The van der Waals surface area contributed by atoms with Gasteiger partial charge in [0.25, 0.3) is 5.91 Å². The van der Waals surface area contributed by atoms with Crippen LogP contribution < -0.4 is 14.2 Å². The van der Waals surface area contributed by atoms with E-state index in [2.05, 4.69) is 0 Å². The Bertz CT molecular complexity index is 778. The zero-order chi connectivity index (χ0) is 21.6. The minimum atomic E-state index is -3.10. The summed E-state index contributed by atoms with van der Waals surface area (Å²) in [6.07, 6.45) is 0.467. The molecule has 164 valence electrons. The summed E-state index contributed by atoms with van der Waals surface area (Å²) in [4.78, 5) is 15.1. The number of rotatable bonds is 10. The maximum absolute atomic E-state index is 13.4. The van der Waals surface area contributed by atoms with Gasteiger partial charge in [0.05, 0.1) is 31.3 Å². The van der Waals surface area contributed by atoms with E-state index in [1.807, 2.05) is 34.6 Å². The Morgan fingerprint density at radius 1 is 1.07 bits per heavy atom. The van der Waals surface area contributed by atoms with Crippen LogP contribution in [0.3, 0.4) is 0 Å².